The molecule has 6 nitrogen and oxygen atoms in total. The van der Waals surface area contributed by atoms with Crippen molar-refractivity contribution in [3.05, 3.63) is 54.6 Å². The molecule has 0 spiro atoms. The molecule has 182 valence electrons. The van der Waals surface area contributed by atoms with Crippen LogP contribution in [-0.4, -0.2) is 70.1 Å². The predicted molar refractivity (Wildman–Crippen MR) is 146 cm³/mol. The summed E-state index contributed by atoms with van der Waals surface area (Å²) in [6, 6.07) is 18.5. The van der Waals surface area contributed by atoms with Gasteiger partial charge >= 0.3 is 0 Å². The van der Waals surface area contributed by atoms with E-state index >= 15 is 0 Å². The number of hydrogen-bond acceptors (Lipinski definition) is 4. The van der Waals surface area contributed by atoms with Gasteiger partial charge in [-0.25, -0.2) is 4.99 Å². The summed E-state index contributed by atoms with van der Waals surface area (Å²) in [5, 5.41) is 3.43. The van der Waals surface area contributed by atoms with Crippen LogP contribution >= 0.6 is 24.0 Å². The van der Waals surface area contributed by atoms with Gasteiger partial charge in [0.15, 0.2) is 5.96 Å². The van der Waals surface area contributed by atoms with Gasteiger partial charge < -0.3 is 24.4 Å². The quantitative estimate of drug-likeness (QED) is 0.183. The van der Waals surface area contributed by atoms with Crippen LogP contribution in [0.3, 0.4) is 0 Å². The second-order valence-corrected chi connectivity index (χ2v) is 7.85. The van der Waals surface area contributed by atoms with E-state index in [-0.39, 0.29) is 24.0 Å². The van der Waals surface area contributed by atoms with E-state index in [1.54, 1.807) is 7.11 Å². The first-order valence-electron chi connectivity index (χ1n) is 11.7. The van der Waals surface area contributed by atoms with E-state index in [2.05, 4.69) is 35.3 Å². The summed E-state index contributed by atoms with van der Waals surface area (Å²) in [6.45, 7) is 7.55. The number of guanidine groups is 1. The number of likely N-dealkylation sites (tertiary alicyclic amines) is 1. The third-order valence-electron chi connectivity index (χ3n) is 5.51. The zero-order valence-electron chi connectivity index (χ0n) is 19.9. The summed E-state index contributed by atoms with van der Waals surface area (Å²) in [5.41, 5.74) is 2.27. The molecule has 0 saturated carbocycles. The highest BCUT2D eigenvalue weighted by molar-refractivity contribution is 14.0. The van der Waals surface area contributed by atoms with Crippen molar-refractivity contribution in [1.82, 2.24) is 10.2 Å². The molecule has 3 rings (SSSR count). The third-order valence-corrected chi connectivity index (χ3v) is 5.51. The average molecular weight is 568 g/mol. The monoisotopic (exact) mass is 567 g/mol. The molecule has 1 saturated heterocycles. The van der Waals surface area contributed by atoms with Crippen LogP contribution in [0.25, 0.3) is 11.1 Å². The fraction of sp³-hybridized carbons (Fsp3) is 0.500. The van der Waals surface area contributed by atoms with Crippen molar-refractivity contribution in [2.45, 2.75) is 32.3 Å². The molecule has 1 aliphatic heterocycles. The zero-order chi connectivity index (χ0) is 22.4. The minimum Gasteiger partial charge on any atom is -0.491 e. The Balaban J connectivity index is 0.00000385. The maximum Gasteiger partial charge on any atom is 0.194 e. The van der Waals surface area contributed by atoms with Gasteiger partial charge in [-0.05, 0) is 37.8 Å². The number of halogens is 1. The van der Waals surface area contributed by atoms with E-state index in [0.717, 1.165) is 74.9 Å². The Labute approximate surface area is 215 Å². The van der Waals surface area contributed by atoms with Gasteiger partial charge in [-0.2, -0.15) is 0 Å². The summed E-state index contributed by atoms with van der Waals surface area (Å²) < 4.78 is 17.2. The molecule has 0 aliphatic carbocycles. The normalized spacial score (nSPS) is 14.6. The van der Waals surface area contributed by atoms with Gasteiger partial charge in [0.2, 0.25) is 0 Å². The maximum absolute atomic E-state index is 6.11. The second kappa shape index (κ2) is 15.9. The first-order valence-corrected chi connectivity index (χ1v) is 11.7. The molecule has 0 radical (unpaired) electrons. The predicted octanol–water partition coefficient (Wildman–Crippen LogP) is 4.83. The molecular formula is C26H38IN3O3. The van der Waals surface area contributed by atoms with E-state index in [0.29, 0.717) is 19.3 Å². The highest BCUT2D eigenvalue weighted by Gasteiger charge is 2.21. The molecule has 1 fully saturated rings. The molecule has 2 aromatic carbocycles. The molecule has 1 aliphatic rings. The van der Waals surface area contributed by atoms with E-state index in [1.807, 2.05) is 36.4 Å². The first-order chi connectivity index (χ1) is 15.8. The molecule has 7 heteroatoms. The van der Waals surface area contributed by atoms with Gasteiger partial charge in [0.1, 0.15) is 12.4 Å². The van der Waals surface area contributed by atoms with Crippen molar-refractivity contribution < 1.29 is 14.2 Å². The molecule has 33 heavy (non-hydrogen) atoms. The smallest absolute Gasteiger partial charge is 0.194 e. The molecule has 0 bridgehead atoms. The van der Waals surface area contributed by atoms with E-state index in [9.17, 15) is 0 Å². The van der Waals surface area contributed by atoms with Crippen molar-refractivity contribution in [1.29, 1.82) is 0 Å². The SMILES string of the molecule is CCNC(=NCCOc1ccccc1-c1ccccc1)N1CCC(OCCCOC)CC1.I. The summed E-state index contributed by atoms with van der Waals surface area (Å²) in [7, 11) is 1.73. The fourth-order valence-electron chi connectivity index (χ4n) is 3.87. The Morgan fingerprint density at radius 3 is 2.45 bits per heavy atom. The average Bonchev–Trinajstić information content (AvgIpc) is 2.85. The summed E-state index contributed by atoms with van der Waals surface area (Å²) in [6.07, 6.45) is 3.34. The van der Waals surface area contributed by atoms with E-state index in [4.69, 9.17) is 19.2 Å². The number of aliphatic imine (C=N–C) groups is 1. The van der Waals surface area contributed by atoms with Crippen LogP contribution in [0.2, 0.25) is 0 Å². The third kappa shape index (κ3) is 9.14. The Kier molecular flexibility index (Phi) is 13.2. The molecule has 0 unspecified atom stereocenters. The second-order valence-electron chi connectivity index (χ2n) is 7.85. The maximum atomic E-state index is 6.11. The topological polar surface area (TPSA) is 55.3 Å². The lowest BCUT2D eigenvalue weighted by Crippen LogP contribution is -2.47. The lowest BCUT2D eigenvalue weighted by Gasteiger charge is -2.34. The van der Waals surface area contributed by atoms with Gasteiger partial charge in [0.05, 0.1) is 12.6 Å². The van der Waals surface area contributed by atoms with Crippen molar-refractivity contribution in [2.24, 2.45) is 4.99 Å². The van der Waals surface area contributed by atoms with Gasteiger partial charge in [-0.15, -0.1) is 24.0 Å². The number of benzene rings is 2. The van der Waals surface area contributed by atoms with Crippen LogP contribution in [0, 0.1) is 0 Å². The number of nitrogens with zero attached hydrogens (tertiary/aromatic N) is 2. The van der Waals surface area contributed by atoms with Crippen molar-refractivity contribution in [2.75, 3.05) is 53.1 Å². The largest absolute Gasteiger partial charge is 0.491 e. The molecule has 0 amide bonds. The van der Waals surface area contributed by atoms with Crippen LogP contribution in [0.15, 0.2) is 59.6 Å². The minimum atomic E-state index is 0. The van der Waals surface area contributed by atoms with Gasteiger partial charge in [-0.1, -0.05) is 48.5 Å². The van der Waals surface area contributed by atoms with Gasteiger partial charge in [0, 0.05) is 45.5 Å². The van der Waals surface area contributed by atoms with Crippen LogP contribution in [0.1, 0.15) is 26.2 Å². The van der Waals surface area contributed by atoms with Crippen LogP contribution in [-0.2, 0) is 9.47 Å². The summed E-state index contributed by atoms with van der Waals surface area (Å²) in [5.74, 6) is 1.86. The summed E-state index contributed by atoms with van der Waals surface area (Å²) in [4.78, 5) is 7.15. The summed E-state index contributed by atoms with van der Waals surface area (Å²) >= 11 is 0. The highest BCUT2D eigenvalue weighted by atomic mass is 127. The lowest BCUT2D eigenvalue weighted by atomic mass is 10.1. The van der Waals surface area contributed by atoms with Gasteiger partial charge in [0.25, 0.3) is 0 Å². The first kappa shape index (κ1) is 27.4. The van der Waals surface area contributed by atoms with Crippen molar-refractivity contribution in [3.63, 3.8) is 0 Å². The Morgan fingerprint density at radius 2 is 1.73 bits per heavy atom. The molecule has 0 atom stereocenters. The molecule has 1 heterocycles. The van der Waals surface area contributed by atoms with Crippen molar-refractivity contribution in [3.8, 4) is 16.9 Å². The standard InChI is InChI=1S/C26H37N3O3.HI/c1-3-27-26(29-17-14-23(15-18-29)31-20-9-19-30-2)28-16-21-32-25-13-8-7-12-24(25)22-10-5-4-6-11-22;/h4-8,10-13,23H,3,9,14-21H2,1-2H3,(H,27,28);1H. The number of rotatable bonds is 11. The van der Waals surface area contributed by atoms with Crippen LogP contribution < -0.4 is 10.1 Å². The van der Waals surface area contributed by atoms with Gasteiger partial charge in [-0.3, -0.25) is 0 Å². The van der Waals surface area contributed by atoms with E-state index < -0.39 is 0 Å². The number of methoxy groups -OCH3 is 1. The lowest BCUT2D eigenvalue weighted by molar-refractivity contribution is 0.00990. The van der Waals surface area contributed by atoms with Crippen molar-refractivity contribution >= 4 is 29.9 Å². The highest BCUT2D eigenvalue weighted by Crippen LogP contribution is 2.29. The molecule has 0 aromatic heterocycles. The number of ether oxygens (including phenoxy) is 3. The minimum absolute atomic E-state index is 0. The number of hydrogen-bond donors (Lipinski definition) is 1. The van der Waals surface area contributed by atoms with E-state index in [1.165, 1.54) is 0 Å². The number of para-hydroxylation sites is 1. The van der Waals surface area contributed by atoms with Crippen LogP contribution in [0.4, 0.5) is 0 Å². The zero-order valence-corrected chi connectivity index (χ0v) is 22.2. The Bertz CT molecular complexity index is 811. The Morgan fingerprint density at radius 1 is 1.00 bits per heavy atom. The van der Waals surface area contributed by atoms with Crippen LogP contribution in [0.5, 0.6) is 5.75 Å². The molecule has 2 aromatic rings. The fourth-order valence-corrected chi connectivity index (χ4v) is 3.87. The number of nitrogens with one attached hydrogen (secondary N) is 1. The molecule has 1 N–H and O–H groups in total. The number of piperidine rings is 1. The molecular weight excluding hydrogens is 529 g/mol. The Hall–Kier alpha value is -1.84.